The molecule has 0 aliphatic rings. The van der Waals surface area contributed by atoms with Crippen molar-refractivity contribution in [2.45, 2.75) is 13.1 Å². The third-order valence-corrected chi connectivity index (χ3v) is 3.27. The molecule has 1 aromatic carbocycles. The fourth-order valence-corrected chi connectivity index (χ4v) is 2.31. The Morgan fingerprint density at radius 1 is 1.05 bits per heavy atom. The first-order chi connectivity index (χ1) is 9.86. The highest BCUT2D eigenvalue weighted by Crippen LogP contribution is 2.34. The van der Waals surface area contributed by atoms with Crippen LogP contribution in [0.3, 0.4) is 0 Å². The summed E-state index contributed by atoms with van der Waals surface area (Å²) in [4.78, 5) is 0. The molecule has 0 saturated carbocycles. The SMILES string of the molecule is Cc1nn2ccc(C(F)(F)F)cc2c1-c1ccc(F)cc1. The highest BCUT2D eigenvalue weighted by Gasteiger charge is 2.31. The van der Waals surface area contributed by atoms with E-state index in [1.54, 1.807) is 6.92 Å². The first-order valence-electron chi connectivity index (χ1n) is 6.18. The van der Waals surface area contributed by atoms with Crippen LogP contribution in [0.2, 0.25) is 0 Å². The molecule has 6 heteroatoms. The van der Waals surface area contributed by atoms with E-state index in [1.165, 1.54) is 35.0 Å². The highest BCUT2D eigenvalue weighted by molar-refractivity contribution is 5.82. The topological polar surface area (TPSA) is 17.3 Å². The van der Waals surface area contributed by atoms with Crippen LogP contribution in [0, 0.1) is 12.7 Å². The fourth-order valence-electron chi connectivity index (χ4n) is 2.31. The smallest absolute Gasteiger partial charge is 0.240 e. The lowest BCUT2D eigenvalue weighted by Crippen LogP contribution is -2.05. The number of alkyl halides is 3. The second kappa shape index (κ2) is 4.58. The average molecular weight is 294 g/mol. The third kappa shape index (κ3) is 2.37. The van der Waals surface area contributed by atoms with E-state index in [9.17, 15) is 17.6 Å². The Kier molecular flexibility index (Phi) is 2.97. The summed E-state index contributed by atoms with van der Waals surface area (Å²) < 4.78 is 52.9. The summed E-state index contributed by atoms with van der Waals surface area (Å²) in [5.74, 6) is -0.399. The van der Waals surface area contributed by atoms with E-state index in [0.29, 0.717) is 22.3 Å². The molecular formula is C15H10F4N2. The van der Waals surface area contributed by atoms with Crippen molar-refractivity contribution in [3.63, 3.8) is 0 Å². The van der Waals surface area contributed by atoms with Gasteiger partial charge in [-0.25, -0.2) is 8.91 Å². The summed E-state index contributed by atoms with van der Waals surface area (Å²) in [7, 11) is 0. The van der Waals surface area contributed by atoms with Crippen molar-refractivity contribution in [2.75, 3.05) is 0 Å². The van der Waals surface area contributed by atoms with Crippen molar-refractivity contribution in [3.8, 4) is 11.1 Å². The quantitative estimate of drug-likeness (QED) is 0.605. The molecule has 2 aromatic heterocycles. The van der Waals surface area contributed by atoms with E-state index in [1.807, 2.05) is 0 Å². The Balaban J connectivity index is 2.26. The molecular weight excluding hydrogens is 284 g/mol. The molecule has 3 rings (SSSR count). The van der Waals surface area contributed by atoms with Crippen LogP contribution in [0.4, 0.5) is 17.6 Å². The number of nitrogens with zero attached hydrogens (tertiary/aromatic N) is 2. The van der Waals surface area contributed by atoms with Gasteiger partial charge in [0.25, 0.3) is 0 Å². The van der Waals surface area contributed by atoms with Crippen LogP contribution in [0.5, 0.6) is 0 Å². The first-order valence-corrected chi connectivity index (χ1v) is 6.18. The summed E-state index contributed by atoms with van der Waals surface area (Å²) in [5.41, 5.74) is 1.39. The van der Waals surface area contributed by atoms with Crippen molar-refractivity contribution in [1.82, 2.24) is 9.61 Å². The van der Waals surface area contributed by atoms with Crippen LogP contribution in [-0.2, 0) is 6.18 Å². The maximum atomic E-state index is 13.0. The van der Waals surface area contributed by atoms with Crippen LogP contribution < -0.4 is 0 Å². The number of pyridine rings is 1. The van der Waals surface area contributed by atoms with E-state index < -0.39 is 17.6 Å². The van der Waals surface area contributed by atoms with E-state index >= 15 is 0 Å². The second-order valence-corrected chi connectivity index (χ2v) is 4.71. The van der Waals surface area contributed by atoms with Gasteiger partial charge in [0, 0.05) is 11.8 Å². The molecule has 3 aromatic rings. The second-order valence-electron chi connectivity index (χ2n) is 4.71. The predicted octanol–water partition coefficient (Wildman–Crippen LogP) is 4.47. The minimum absolute atomic E-state index is 0.342. The monoisotopic (exact) mass is 294 g/mol. The highest BCUT2D eigenvalue weighted by atomic mass is 19.4. The van der Waals surface area contributed by atoms with E-state index in [-0.39, 0.29) is 0 Å². The molecule has 0 spiro atoms. The molecule has 108 valence electrons. The van der Waals surface area contributed by atoms with Gasteiger partial charge in [0.1, 0.15) is 5.82 Å². The zero-order chi connectivity index (χ0) is 15.2. The van der Waals surface area contributed by atoms with Crippen LogP contribution in [0.1, 0.15) is 11.3 Å². The third-order valence-electron chi connectivity index (χ3n) is 3.27. The molecule has 0 unspecified atom stereocenters. The van der Waals surface area contributed by atoms with Gasteiger partial charge in [-0.1, -0.05) is 12.1 Å². The number of aromatic nitrogens is 2. The molecule has 2 heterocycles. The Bertz CT molecular complexity index is 801. The zero-order valence-corrected chi connectivity index (χ0v) is 10.9. The summed E-state index contributed by atoms with van der Waals surface area (Å²) in [5, 5.41) is 4.19. The molecule has 0 radical (unpaired) electrons. The lowest BCUT2D eigenvalue weighted by Gasteiger charge is -2.07. The number of aryl methyl sites for hydroxylation is 1. The van der Waals surface area contributed by atoms with E-state index in [0.717, 1.165) is 12.1 Å². The molecule has 21 heavy (non-hydrogen) atoms. The van der Waals surface area contributed by atoms with Gasteiger partial charge in [0.15, 0.2) is 0 Å². The maximum absolute atomic E-state index is 13.0. The number of hydrogen-bond acceptors (Lipinski definition) is 1. The van der Waals surface area contributed by atoms with Crippen LogP contribution in [0.15, 0.2) is 42.6 Å². The van der Waals surface area contributed by atoms with Crippen LogP contribution in [0.25, 0.3) is 16.6 Å². The number of benzene rings is 1. The Hall–Kier alpha value is -2.37. The van der Waals surface area contributed by atoms with Crippen LogP contribution in [-0.4, -0.2) is 9.61 Å². The fraction of sp³-hybridized carbons (Fsp3) is 0.133. The van der Waals surface area contributed by atoms with Gasteiger partial charge in [-0.3, -0.25) is 0 Å². The molecule has 0 amide bonds. The molecule has 0 bridgehead atoms. The molecule has 0 N–H and O–H groups in total. The van der Waals surface area contributed by atoms with Crippen molar-refractivity contribution < 1.29 is 17.6 Å². The molecule has 0 atom stereocenters. The Labute approximate surface area is 117 Å². The van der Waals surface area contributed by atoms with Gasteiger partial charge in [-0.15, -0.1) is 0 Å². The lowest BCUT2D eigenvalue weighted by atomic mass is 10.0. The van der Waals surface area contributed by atoms with Gasteiger partial charge in [0.05, 0.1) is 16.8 Å². The standard InChI is InChI=1S/C15H10F4N2/c1-9-14(10-2-4-12(16)5-3-10)13-8-11(15(17,18)19)6-7-21(13)20-9/h2-8H,1H3. The number of fused-ring (bicyclic) bond motifs is 1. The minimum Gasteiger partial charge on any atom is -0.240 e. The van der Waals surface area contributed by atoms with Gasteiger partial charge in [-0.2, -0.15) is 18.3 Å². The molecule has 0 saturated heterocycles. The normalized spacial score (nSPS) is 12.0. The van der Waals surface area contributed by atoms with Crippen molar-refractivity contribution in [3.05, 3.63) is 59.7 Å². The van der Waals surface area contributed by atoms with Crippen molar-refractivity contribution in [2.24, 2.45) is 0 Å². The lowest BCUT2D eigenvalue weighted by molar-refractivity contribution is -0.137. The molecule has 2 nitrogen and oxygen atoms in total. The average Bonchev–Trinajstić information content (AvgIpc) is 2.74. The van der Waals surface area contributed by atoms with Gasteiger partial charge in [-0.05, 0) is 36.8 Å². The largest absolute Gasteiger partial charge is 0.416 e. The first kappa shape index (κ1) is 13.6. The predicted molar refractivity (Wildman–Crippen MR) is 70.3 cm³/mol. The number of rotatable bonds is 1. The summed E-state index contributed by atoms with van der Waals surface area (Å²) >= 11 is 0. The number of hydrogen-bond donors (Lipinski definition) is 0. The molecule has 0 aliphatic carbocycles. The Morgan fingerprint density at radius 2 is 1.71 bits per heavy atom. The van der Waals surface area contributed by atoms with Crippen molar-refractivity contribution in [1.29, 1.82) is 0 Å². The van der Waals surface area contributed by atoms with E-state index in [2.05, 4.69) is 5.10 Å². The molecule has 0 aliphatic heterocycles. The van der Waals surface area contributed by atoms with Crippen molar-refractivity contribution >= 4 is 5.52 Å². The van der Waals surface area contributed by atoms with Gasteiger partial charge >= 0.3 is 6.18 Å². The van der Waals surface area contributed by atoms with E-state index in [4.69, 9.17) is 0 Å². The zero-order valence-electron chi connectivity index (χ0n) is 10.9. The maximum Gasteiger partial charge on any atom is 0.416 e. The summed E-state index contributed by atoms with van der Waals surface area (Å²) in [6, 6.07) is 7.63. The number of halogens is 4. The Morgan fingerprint density at radius 3 is 2.33 bits per heavy atom. The van der Waals surface area contributed by atoms with Crippen LogP contribution >= 0.6 is 0 Å². The van der Waals surface area contributed by atoms with Gasteiger partial charge < -0.3 is 0 Å². The summed E-state index contributed by atoms with van der Waals surface area (Å²) in [6.07, 6.45) is -3.14. The minimum atomic E-state index is -4.42. The van der Waals surface area contributed by atoms with Gasteiger partial charge in [0.2, 0.25) is 0 Å². The molecule has 0 fully saturated rings. The summed E-state index contributed by atoms with van der Waals surface area (Å²) in [6.45, 7) is 1.71.